The fourth-order valence-electron chi connectivity index (χ4n) is 1.14. The number of nitrogens with zero attached hydrogens (tertiary/aromatic N) is 1. The summed E-state index contributed by atoms with van der Waals surface area (Å²) >= 11 is 11.6. The van der Waals surface area contributed by atoms with Gasteiger partial charge in [0.2, 0.25) is 0 Å². The second kappa shape index (κ2) is 5.64. The van der Waals surface area contributed by atoms with E-state index in [1.807, 2.05) is 6.92 Å². The molecule has 0 aliphatic heterocycles. The molecule has 0 aromatic carbocycles. The maximum absolute atomic E-state index is 13.3. The number of hydrogen-bond acceptors (Lipinski definition) is 2. The van der Waals surface area contributed by atoms with Crippen LogP contribution in [0.4, 0.5) is 14.6 Å². The number of halogens is 4. The first-order chi connectivity index (χ1) is 7.56. The second-order valence-corrected chi connectivity index (χ2v) is 4.04. The zero-order chi connectivity index (χ0) is 12.2. The molecule has 2 nitrogen and oxygen atoms in total. The largest absolute Gasteiger partial charge is 0.360 e. The molecule has 1 aromatic rings. The molecule has 0 saturated heterocycles. The van der Waals surface area contributed by atoms with Crippen LogP contribution in [0.3, 0.4) is 0 Å². The van der Waals surface area contributed by atoms with Crippen LogP contribution in [0.15, 0.2) is 12.3 Å². The Balaban J connectivity index is 2.93. The summed E-state index contributed by atoms with van der Waals surface area (Å²) in [6, 6.07) is 0.762. The number of aromatic nitrogens is 1. The van der Waals surface area contributed by atoms with Crippen LogP contribution in [0.5, 0.6) is 0 Å². The molecular weight excluding hydrogens is 257 g/mol. The van der Waals surface area contributed by atoms with Crippen molar-refractivity contribution in [2.45, 2.75) is 18.9 Å². The summed E-state index contributed by atoms with van der Waals surface area (Å²) in [4.78, 5) is 3.63. The van der Waals surface area contributed by atoms with Crippen LogP contribution in [-0.2, 0) is 0 Å². The van der Waals surface area contributed by atoms with Crippen LogP contribution < -0.4 is 5.32 Å². The van der Waals surface area contributed by atoms with Gasteiger partial charge in [-0.25, -0.2) is 13.8 Å². The summed E-state index contributed by atoms with van der Waals surface area (Å²) in [6.07, 6.45) is 1.55. The standard InChI is InChI=1S/C10H12Cl2F2N2/c1-2-10(5-11,6-12)16-9-8(14)3-7(13)4-15-9/h3-4H,2,5-6H2,1H3,(H,15,16). The molecule has 16 heavy (non-hydrogen) atoms. The van der Waals surface area contributed by atoms with Crippen LogP contribution in [0, 0.1) is 11.6 Å². The van der Waals surface area contributed by atoms with Crippen LogP contribution in [-0.4, -0.2) is 22.3 Å². The predicted octanol–water partition coefficient (Wildman–Crippen LogP) is 3.40. The lowest BCUT2D eigenvalue weighted by atomic mass is 10.0. The van der Waals surface area contributed by atoms with Gasteiger partial charge in [-0.3, -0.25) is 0 Å². The topological polar surface area (TPSA) is 24.9 Å². The van der Waals surface area contributed by atoms with Gasteiger partial charge in [0.05, 0.1) is 11.7 Å². The molecule has 0 aliphatic carbocycles. The SMILES string of the molecule is CCC(CCl)(CCl)Nc1ncc(F)cc1F. The number of rotatable bonds is 5. The molecule has 0 radical (unpaired) electrons. The monoisotopic (exact) mass is 268 g/mol. The fourth-order valence-corrected chi connectivity index (χ4v) is 1.93. The van der Waals surface area contributed by atoms with Crippen LogP contribution in [0.25, 0.3) is 0 Å². The van der Waals surface area contributed by atoms with E-state index in [0.29, 0.717) is 6.42 Å². The van der Waals surface area contributed by atoms with Gasteiger partial charge in [0.25, 0.3) is 0 Å². The second-order valence-electron chi connectivity index (χ2n) is 3.51. The van der Waals surface area contributed by atoms with Crippen LogP contribution in [0.2, 0.25) is 0 Å². The molecule has 1 heterocycles. The smallest absolute Gasteiger partial charge is 0.168 e. The zero-order valence-corrected chi connectivity index (χ0v) is 10.2. The fraction of sp³-hybridized carbons (Fsp3) is 0.500. The quantitative estimate of drug-likeness (QED) is 0.829. The Bertz CT molecular complexity index is 348. The highest BCUT2D eigenvalue weighted by Gasteiger charge is 2.27. The third-order valence-electron chi connectivity index (χ3n) is 2.38. The van der Waals surface area contributed by atoms with Crippen molar-refractivity contribution in [3.05, 3.63) is 23.9 Å². The minimum absolute atomic E-state index is 0.0375. The summed E-state index contributed by atoms with van der Waals surface area (Å²) in [5, 5.41) is 2.82. The van der Waals surface area contributed by atoms with Gasteiger partial charge >= 0.3 is 0 Å². The van der Waals surface area contributed by atoms with Gasteiger partial charge in [0.1, 0.15) is 5.82 Å². The van der Waals surface area contributed by atoms with Crippen molar-refractivity contribution in [3.63, 3.8) is 0 Å². The Labute approximate surface area is 103 Å². The van der Waals surface area contributed by atoms with Crippen molar-refractivity contribution < 1.29 is 8.78 Å². The van der Waals surface area contributed by atoms with E-state index in [0.717, 1.165) is 12.3 Å². The van der Waals surface area contributed by atoms with E-state index in [1.165, 1.54) is 0 Å². The van der Waals surface area contributed by atoms with E-state index in [2.05, 4.69) is 10.3 Å². The van der Waals surface area contributed by atoms with Gasteiger partial charge < -0.3 is 5.32 Å². The van der Waals surface area contributed by atoms with Crippen LogP contribution in [0.1, 0.15) is 13.3 Å². The molecule has 1 aromatic heterocycles. The van der Waals surface area contributed by atoms with E-state index in [-0.39, 0.29) is 17.6 Å². The average Bonchev–Trinajstić information content (AvgIpc) is 2.29. The highest BCUT2D eigenvalue weighted by Crippen LogP contribution is 2.22. The molecule has 6 heteroatoms. The summed E-state index contributed by atoms with van der Waals surface area (Å²) in [5.74, 6) is -1.09. The Morgan fingerprint density at radius 2 is 2.00 bits per heavy atom. The predicted molar refractivity (Wildman–Crippen MR) is 62.2 cm³/mol. The number of alkyl halides is 2. The molecule has 90 valence electrons. The lowest BCUT2D eigenvalue weighted by molar-refractivity contribution is 0.536. The summed E-state index contributed by atoms with van der Waals surface area (Å²) in [7, 11) is 0. The number of pyridine rings is 1. The molecule has 0 bridgehead atoms. The maximum Gasteiger partial charge on any atom is 0.168 e. The van der Waals surface area contributed by atoms with Gasteiger partial charge in [0, 0.05) is 17.8 Å². The molecule has 0 amide bonds. The van der Waals surface area contributed by atoms with E-state index in [9.17, 15) is 8.78 Å². The highest BCUT2D eigenvalue weighted by atomic mass is 35.5. The number of anilines is 1. The molecule has 1 N–H and O–H groups in total. The van der Waals surface area contributed by atoms with E-state index < -0.39 is 17.2 Å². The van der Waals surface area contributed by atoms with Gasteiger partial charge in [-0.05, 0) is 6.42 Å². The van der Waals surface area contributed by atoms with Crippen LogP contribution >= 0.6 is 23.2 Å². The normalized spacial score (nSPS) is 11.6. The third-order valence-corrected chi connectivity index (χ3v) is 3.40. The molecule has 0 fully saturated rings. The molecule has 1 rings (SSSR count). The first-order valence-electron chi connectivity index (χ1n) is 4.78. The van der Waals surface area contributed by atoms with Gasteiger partial charge in [-0.1, -0.05) is 6.92 Å². The molecule has 0 saturated carbocycles. The molecular formula is C10H12Cl2F2N2. The van der Waals surface area contributed by atoms with Crippen molar-refractivity contribution in [2.75, 3.05) is 17.1 Å². The minimum atomic E-state index is -0.756. The average molecular weight is 269 g/mol. The maximum atomic E-state index is 13.3. The van der Waals surface area contributed by atoms with Gasteiger partial charge in [-0.15, -0.1) is 23.2 Å². The Morgan fingerprint density at radius 3 is 2.44 bits per heavy atom. The molecule has 0 atom stereocenters. The van der Waals surface area contributed by atoms with Crippen molar-refractivity contribution in [3.8, 4) is 0 Å². The third kappa shape index (κ3) is 2.95. The van der Waals surface area contributed by atoms with Crippen molar-refractivity contribution >= 4 is 29.0 Å². The zero-order valence-electron chi connectivity index (χ0n) is 8.74. The Kier molecular flexibility index (Phi) is 4.74. The van der Waals surface area contributed by atoms with Crippen molar-refractivity contribution in [1.82, 2.24) is 4.98 Å². The Morgan fingerprint density at radius 1 is 1.38 bits per heavy atom. The van der Waals surface area contributed by atoms with E-state index in [1.54, 1.807) is 0 Å². The summed E-state index contributed by atoms with van der Waals surface area (Å²) in [5.41, 5.74) is -0.630. The van der Waals surface area contributed by atoms with Gasteiger partial charge in [-0.2, -0.15) is 0 Å². The van der Waals surface area contributed by atoms with Gasteiger partial charge in [0.15, 0.2) is 11.6 Å². The minimum Gasteiger partial charge on any atom is -0.360 e. The molecule has 0 aliphatic rings. The summed E-state index contributed by atoms with van der Waals surface area (Å²) < 4.78 is 26.0. The number of hydrogen-bond donors (Lipinski definition) is 1. The van der Waals surface area contributed by atoms with Crippen molar-refractivity contribution in [1.29, 1.82) is 0 Å². The van der Waals surface area contributed by atoms with E-state index in [4.69, 9.17) is 23.2 Å². The Hall–Kier alpha value is -0.610. The first kappa shape index (κ1) is 13.5. The summed E-state index contributed by atoms with van der Waals surface area (Å²) in [6.45, 7) is 1.87. The molecule has 0 spiro atoms. The van der Waals surface area contributed by atoms with E-state index >= 15 is 0 Å². The number of nitrogens with one attached hydrogen (secondary N) is 1. The lowest BCUT2D eigenvalue weighted by Crippen LogP contribution is -2.42. The first-order valence-corrected chi connectivity index (χ1v) is 5.85. The van der Waals surface area contributed by atoms with Crippen molar-refractivity contribution in [2.24, 2.45) is 0 Å². The highest BCUT2D eigenvalue weighted by molar-refractivity contribution is 6.22. The molecule has 0 unspecified atom stereocenters. The lowest BCUT2D eigenvalue weighted by Gasteiger charge is -2.30.